The zero-order valence-electron chi connectivity index (χ0n) is 8.95. The Kier molecular flexibility index (Phi) is 2.91. The lowest BCUT2D eigenvalue weighted by atomic mass is 10.1. The van der Waals surface area contributed by atoms with Crippen LogP contribution in [0.15, 0.2) is 22.2 Å². The fraction of sp³-hybridized carbons (Fsp3) is 0.500. The van der Waals surface area contributed by atoms with Crippen LogP contribution in [0.5, 0.6) is 0 Å². The quantitative estimate of drug-likeness (QED) is 0.808. The molecule has 1 aromatic rings. The van der Waals surface area contributed by atoms with Gasteiger partial charge in [0.25, 0.3) is 11.5 Å². The molecule has 1 saturated heterocycles. The van der Waals surface area contributed by atoms with E-state index >= 15 is 0 Å². The monoisotopic (exact) mass is 243 g/mol. The maximum absolute atomic E-state index is 13.0. The fourth-order valence-electron chi connectivity index (χ4n) is 1.88. The van der Waals surface area contributed by atoms with Crippen molar-refractivity contribution in [2.45, 2.75) is 18.8 Å². The third-order valence-corrected chi connectivity index (χ3v) is 2.84. The van der Waals surface area contributed by atoms with Crippen molar-refractivity contribution < 1.29 is 8.78 Å². The molecule has 5 nitrogen and oxygen atoms in total. The molecule has 92 valence electrons. The van der Waals surface area contributed by atoms with Crippen LogP contribution >= 0.6 is 0 Å². The predicted octanol–water partition coefficient (Wildman–Crippen LogP) is 2.01. The van der Waals surface area contributed by atoms with Crippen molar-refractivity contribution in [1.29, 1.82) is 0 Å². The topological polar surface area (TPSA) is 65.5 Å². The molecule has 0 unspecified atom stereocenters. The lowest BCUT2D eigenvalue weighted by molar-refractivity contribution is -0.0220. The van der Waals surface area contributed by atoms with Gasteiger partial charge in [-0.25, -0.2) is 8.78 Å². The van der Waals surface area contributed by atoms with Crippen LogP contribution in [0.3, 0.4) is 0 Å². The number of H-pyrrole nitrogens is 1. The second kappa shape index (κ2) is 4.23. The van der Waals surface area contributed by atoms with E-state index in [1.54, 1.807) is 4.90 Å². The molecule has 1 N–H and O–H groups in total. The first-order valence-electron chi connectivity index (χ1n) is 5.21. The van der Waals surface area contributed by atoms with Gasteiger partial charge in [-0.2, -0.15) is 0 Å². The number of alkyl halides is 2. The number of piperidine rings is 1. The number of hydrogen-bond donors (Lipinski definition) is 1. The maximum Gasteiger partial charge on any atom is 0.279 e. The molecule has 0 spiro atoms. The molecule has 1 fully saturated rings. The fourth-order valence-corrected chi connectivity index (χ4v) is 1.88. The molecule has 1 aliphatic rings. The van der Waals surface area contributed by atoms with E-state index in [0.29, 0.717) is 5.69 Å². The minimum atomic E-state index is -2.66. The molecule has 0 aromatic carbocycles. The van der Waals surface area contributed by atoms with Crippen molar-refractivity contribution in [2.24, 2.45) is 5.18 Å². The molecule has 7 heteroatoms. The zero-order valence-corrected chi connectivity index (χ0v) is 8.95. The second-order valence-corrected chi connectivity index (χ2v) is 3.97. The Morgan fingerprint density at radius 1 is 1.35 bits per heavy atom. The highest BCUT2D eigenvalue weighted by Crippen LogP contribution is 2.32. The minimum absolute atomic E-state index is 0.110. The minimum Gasteiger partial charge on any atom is -0.369 e. The number of halogens is 2. The summed E-state index contributed by atoms with van der Waals surface area (Å²) in [5.41, 5.74) is -0.535. The number of aromatic amines is 1. The molecule has 0 amide bonds. The van der Waals surface area contributed by atoms with Crippen LogP contribution in [0, 0.1) is 4.91 Å². The number of aromatic nitrogens is 1. The Balaban J connectivity index is 2.27. The lowest BCUT2D eigenvalue weighted by Crippen LogP contribution is -2.39. The van der Waals surface area contributed by atoms with E-state index in [-0.39, 0.29) is 31.6 Å². The van der Waals surface area contributed by atoms with E-state index in [0.717, 1.165) is 0 Å². The van der Waals surface area contributed by atoms with E-state index in [4.69, 9.17) is 0 Å². The van der Waals surface area contributed by atoms with E-state index in [2.05, 4.69) is 10.2 Å². The molecule has 0 aliphatic carbocycles. The number of anilines is 1. The Bertz CT molecular complexity index is 477. The van der Waals surface area contributed by atoms with Crippen LogP contribution in [0.25, 0.3) is 0 Å². The Labute approximate surface area is 95.4 Å². The first-order chi connectivity index (χ1) is 8.03. The van der Waals surface area contributed by atoms with E-state index in [9.17, 15) is 18.5 Å². The predicted molar refractivity (Wildman–Crippen MR) is 58.9 cm³/mol. The molecular formula is C10H11F2N3O2. The third-order valence-electron chi connectivity index (χ3n) is 2.84. The number of pyridine rings is 1. The molecule has 0 atom stereocenters. The van der Waals surface area contributed by atoms with Gasteiger partial charge in [-0.15, -0.1) is 4.91 Å². The van der Waals surface area contributed by atoms with E-state index < -0.39 is 11.5 Å². The van der Waals surface area contributed by atoms with Gasteiger partial charge in [0.1, 0.15) is 0 Å². The molecule has 1 aromatic heterocycles. The molecule has 0 saturated carbocycles. The van der Waals surface area contributed by atoms with Crippen molar-refractivity contribution in [3.63, 3.8) is 0 Å². The SMILES string of the molecule is O=Nc1c(N2CCC(F)(F)CC2)cc[nH]c1=O. The van der Waals surface area contributed by atoms with Crippen molar-refractivity contribution in [1.82, 2.24) is 4.98 Å². The summed E-state index contributed by atoms with van der Waals surface area (Å²) in [7, 11) is 0. The Morgan fingerprint density at radius 3 is 2.59 bits per heavy atom. The Hall–Kier alpha value is -1.79. The van der Waals surface area contributed by atoms with Gasteiger partial charge < -0.3 is 9.88 Å². The summed E-state index contributed by atoms with van der Waals surface area (Å²) in [6.45, 7) is 0.220. The standard InChI is InChI=1S/C10H11F2N3O2/c11-10(12)2-5-15(6-3-10)7-1-4-13-9(16)8(7)14-17/h1,4H,2-3,5-6H2,(H,13,16). The number of nitrogens with zero attached hydrogens (tertiary/aromatic N) is 2. The van der Waals surface area contributed by atoms with Crippen LogP contribution in [-0.4, -0.2) is 24.0 Å². The van der Waals surface area contributed by atoms with Crippen LogP contribution in [0.2, 0.25) is 0 Å². The zero-order chi connectivity index (χ0) is 12.5. The summed E-state index contributed by atoms with van der Waals surface area (Å²) in [6, 6.07) is 1.50. The molecule has 0 radical (unpaired) electrons. The average molecular weight is 243 g/mol. The van der Waals surface area contributed by atoms with Crippen molar-refractivity contribution in [3.8, 4) is 0 Å². The number of rotatable bonds is 2. The average Bonchev–Trinajstić information content (AvgIpc) is 2.29. The highest BCUT2D eigenvalue weighted by atomic mass is 19.3. The molecule has 0 bridgehead atoms. The van der Waals surface area contributed by atoms with Gasteiger partial charge in [-0.1, -0.05) is 0 Å². The van der Waals surface area contributed by atoms with Gasteiger partial charge in [0.2, 0.25) is 0 Å². The largest absolute Gasteiger partial charge is 0.369 e. The summed E-state index contributed by atoms with van der Waals surface area (Å²) in [5.74, 6) is -2.66. The molecule has 2 rings (SSSR count). The molecule has 17 heavy (non-hydrogen) atoms. The molecule has 2 heterocycles. The van der Waals surface area contributed by atoms with Gasteiger partial charge >= 0.3 is 0 Å². The smallest absolute Gasteiger partial charge is 0.279 e. The van der Waals surface area contributed by atoms with Crippen LogP contribution in [0.4, 0.5) is 20.2 Å². The van der Waals surface area contributed by atoms with Crippen LogP contribution in [-0.2, 0) is 0 Å². The van der Waals surface area contributed by atoms with Crippen molar-refractivity contribution in [2.75, 3.05) is 18.0 Å². The van der Waals surface area contributed by atoms with Crippen LogP contribution < -0.4 is 10.5 Å². The number of hydrogen-bond acceptors (Lipinski definition) is 4. The number of nitrogens with one attached hydrogen (secondary N) is 1. The molecule has 1 aliphatic heterocycles. The van der Waals surface area contributed by atoms with Gasteiger partial charge in [-0.3, -0.25) is 4.79 Å². The third kappa shape index (κ3) is 2.32. The summed E-state index contributed by atoms with van der Waals surface area (Å²) >= 11 is 0. The second-order valence-electron chi connectivity index (χ2n) is 3.97. The highest BCUT2D eigenvalue weighted by molar-refractivity contribution is 5.65. The maximum atomic E-state index is 13.0. The van der Waals surface area contributed by atoms with Crippen molar-refractivity contribution >= 4 is 11.4 Å². The van der Waals surface area contributed by atoms with Gasteiger partial charge in [0.15, 0.2) is 5.69 Å². The summed E-state index contributed by atoms with van der Waals surface area (Å²) in [5, 5.41) is 2.66. The van der Waals surface area contributed by atoms with Crippen molar-refractivity contribution in [3.05, 3.63) is 27.5 Å². The summed E-state index contributed by atoms with van der Waals surface area (Å²) in [6.07, 6.45) is 0.815. The van der Waals surface area contributed by atoms with E-state index in [1.165, 1.54) is 12.3 Å². The summed E-state index contributed by atoms with van der Waals surface area (Å²) in [4.78, 5) is 25.8. The summed E-state index contributed by atoms with van der Waals surface area (Å²) < 4.78 is 26.0. The first-order valence-corrected chi connectivity index (χ1v) is 5.21. The highest BCUT2D eigenvalue weighted by Gasteiger charge is 2.34. The normalized spacial score (nSPS) is 19.1. The first kappa shape index (κ1) is 11.7. The lowest BCUT2D eigenvalue weighted by Gasteiger charge is -2.33. The number of nitroso groups, excluding NO2 is 1. The van der Waals surface area contributed by atoms with Gasteiger partial charge in [0.05, 0.1) is 5.69 Å². The van der Waals surface area contributed by atoms with Gasteiger partial charge in [0, 0.05) is 32.1 Å². The van der Waals surface area contributed by atoms with E-state index in [1.807, 2.05) is 0 Å². The molecular weight excluding hydrogens is 232 g/mol. The van der Waals surface area contributed by atoms with Crippen LogP contribution in [0.1, 0.15) is 12.8 Å². The van der Waals surface area contributed by atoms with Gasteiger partial charge in [-0.05, 0) is 11.2 Å². The Morgan fingerprint density at radius 2 is 2.00 bits per heavy atom.